The third-order valence-corrected chi connectivity index (χ3v) is 5.84. The summed E-state index contributed by atoms with van der Waals surface area (Å²) in [6, 6.07) is 4.11. The maximum absolute atomic E-state index is 12.8. The van der Waals surface area contributed by atoms with Gasteiger partial charge < -0.3 is 14.4 Å². The highest BCUT2D eigenvalue weighted by Gasteiger charge is 2.56. The first kappa shape index (κ1) is 15.0. The number of aliphatic hydroxyl groups is 1. The molecule has 3 heterocycles. The Morgan fingerprint density at radius 1 is 1.52 bits per heavy atom. The number of hydrogen-bond donors (Lipinski definition) is 1. The van der Waals surface area contributed by atoms with Gasteiger partial charge in [-0.3, -0.25) is 4.79 Å². The molecular formula is C16H23NO3S. The fourth-order valence-electron chi connectivity index (χ4n) is 4.10. The van der Waals surface area contributed by atoms with Gasteiger partial charge in [0.05, 0.1) is 12.4 Å². The summed E-state index contributed by atoms with van der Waals surface area (Å²) in [7, 11) is 0. The summed E-state index contributed by atoms with van der Waals surface area (Å²) in [6.45, 7) is 2.29. The molecule has 5 heteroatoms. The van der Waals surface area contributed by atoms with Crippen molar-refractivity contribution in [1.82, 2.24) is 4.90 Å². The second kappa shape index (κ2) is 5.69. The fraction of sp³-hybridized carbons (Fsp3) is 0.688. The number of amides is 1. The number of rotatable bonds is 5. The molecular weight excluding hydrogens is 286 g/mol. The Kier molecular flexibility index (Phi) is 4.06. The van der Waals surface area contributed by atoms with Crippen molar-refractivity contribution in [2.75, 3.05) is 12.9 Å². The van der Waals surface area contributed by atoms with E-state index in [0.29, 0.717) is 5.76 Å². The van der Waals surface area contributed by atoms with Crippen LogP contribution in [0.1, 0.15) is 48.9 Å². The summed E-state index contributed by atoms with van der Waals surface area (Å²) in [5, 5.41) is 9.82. The molecule has 1 N–H and O–H groups in total. The van der Waals surface area contributed by atoms with E-state index in [9.17, 15) is 9.90 Å². The van der Waals surface area contributed by atoms with Gasteiger partial charge in [-0.15, -0.1) is 0 Å². The summed E-state index contributed by atoms with van der Waals surface area (Å²) >= 11 is 1.68. The molecule has 0 unspecified atom stereocenters. The number of carbonyl (C=O) groups excluding carboxylic acids is 1. The van der Waals surface area contributed by atoms with Crippen molar-refractivity contribution in [3.05, 3.63) is 23.7 Å². The quantitative estimate of drug-likeness (QED) is 0.908. The molecule has 2 fully saturated rings. The normalized spacial score (nSPS) is 31.1. The SMILES string of the molecule is CC[C@@]1(CO)C[C@@H]2CC[C@H]1N2C(=O)c1ccc(CSC)o1. The molecule has 0 spiro atoms. The second-order valence-electron chi connectivity index (χ2n) is 6.24. The van der Waals surface area contributed by atoms with Crippen LogP contribution in [0.3, 0.4) is 0 Å². The summed E-state index contributed by atoms with van der Waals surface area (Å²) in [5.74, 6) is 2.08. The summed E-state index contributed by atoms with van der Waals surface area (Å²) < 4.78 is 5.68. The summed E-state index contributed by atoms with van der Waals surface area (Å²) in [4.78, 5) is 14.8. The second-order valence-corrected chi connectivity index (χ2v) is 7.10. The van der Waals surface area contributed by atoms with E-state index in [1.165, 1.54) is 0 Å². The number of carbonyl (C=O) groups is 1. The first-order chi connectivity index (χ1) is 10.1. The van der Waals surface area contributed by atoms with Crippen molar-refractivity contribution in [2.24, 2.45) is 5.41 Å². The van der Waals surface area contributed by atoms with E-state index in [-0.39, 0.29) is 30.0 Å². The maximum atomic E-state index is 12.8. The van der Waals surface area contributed by atoms with E-state index >= 15 is 0 Å². The monoisotopic (exact) mass is 309 g/mol. The predicted molar refractivity (Wildman–Crippen MR) is 83.3 cm³/mol. The van der Waals surface area contributed by atoms with Gasteiger partial charge in [0.2, 0.25) is 0 Å². The van der Waals surface area contributed by atoms with Crippen molar-refractivity contribution in [1.29, 1.82) is 0 Å². The Morgan fingerprint density at radius 3 is 2.95 bits per heavy atom. The van der Waals surface area contributed by atoms with Crippen molar-refractivity contribution in [3.63, 3.8) is 0 Å². The number of thioether (sulfide) groups is 1. The molecule has 1 aromatic heterocycles. The maximum Gasteiger partial charge on any atom is 0.290 e. The van der Waals surface area contributed by atoms with E-state index in [2.05, 4.69) is 6.92 Å². The molecule has 2 aliphatic rings. The van der Waals surface area contributed by atoms with Crippen LogP contribution >= 0.6 is 11.8 Å². The van der Waals surface area contributed by atoms with Crippen LogP contribution in [0.15, 0.2) is 16.5 Å². The minimum Gasteiger partial charge on any atom is -0.455 e. The van der Waals surface area contributed by atoms with Crippen LogP contribution in [-0.2, 0) is 5.75 Å². The molecule has 4 nitrogen and oxygen atoms in total. The smallest absolute Gasteiger partial charge is 0.290 e. The first-order valence-electron chi connectivity index (χ1n) is 7.66. The lowest BCUT2D eigenvalue weighted by Gasteiger charge is -2.34. The van der Waals surface area contributed by atoms with Gasteiger partial charge in [0, 0.05) is 17.5 Å². The molecule has 0 saturated carbocycles. The molecule has 0 aliphatic carbocycles. The van der Waals surface area contributed by atoms with Crippen LogP contribution in [0.2, 0.25) is 0 Å². The number of nitrogens with zero attached hydrogens (tertiary/aromatic N) is 1. The van der Waals surface area contributed by atoms with Crippen LogP contribution in [0, 0.1) is 5.41 Å². The Hall–Kier alpha value is -0.940. The van der Waals surface area contributed by atoms with Crippen molar-refractivity contribution < 1.29 is 14.3 Å². The molecule has 2 bridgehead atoms. The van der Waals surface area contributed by atoms with Crippen LogP contribution in [0.4, 0.5) is 0 Å². The molecule has 116 valence electrons. The zero-order valence-corrected chi connectivity index (χ0v) is 13.5. The molecule has 21 heavy (non-hydrogen) atoms. The largest absolute Gasteiger partial charge is 0.455 e. The van der Waals surface area contributed by atoms with Crippen LogP contribution < -0.4 is 0 Å². The highest BCUT2D eigenvalue weighted by Crippen LogP contribution is 2.51. The van der Waals surface area contributed by atoms with Crippen molar-refractivity contribution in [3.8, 4) is 0 Å². The Labute approximate surface area is 129 Å². The van der Waals surface area contributed by atoms with Gasteiger partial charge in [-0.1, -0.05) is 6.92 Å². The summed E-state index contributed by atoms with van der Waals surface area (Å²) in [6.07, 6.45) is 5.92. The fourth-order valence-corrected chi connectivity index (χ4v) is 4.54. The van der Waals surface area contributed by atoms with E-state index in [4.69, 9.17) is 4.42 Å². The van der Waals surface area contributed by atoms with Crippen LogP contribution in [-0.4, -0.2) is 40.9 Å². The minimum absolute atomic E-state index is 0.00127. The molecule has 1 aromatic rings. The highest BCUT2D eigenvalue weighted by molar-refractivity contribution is 7.97. The van der Waals surface area contributed by atoms with Crippen molar-refractivity contribution >= 4 is 17.7 Å². The zero-order chi connectivity index (χ0) is 15.0. The van der Waals surface area contributed by atoms with Gasteiger partial charge in [0.1, 0.15) is 5.76 Å². The molecule has 2 saturated heterocycles. The van der Waals surface area contributed by atoms with Crippen molar-refractivity contribution in [2.45, 2.75) is 50.4 Å². The highest BCUT2D eigenvalue weighted by atomic mass is 32.2. The van der Waals surface area contributed by atoms with E-state index in [0.717, 1.165) is 37.2 Å². The van der Waals surface area contributed by atoms with Gasteiger partial charge in [0.15, 0.2) is 5.76 Å². The van der Waals surface area contributed by atoms with Gasteiger partial charge in [-0.05, 0) is 44.1 Å². The molecule has 1 amide bonds. The Bertz CT molecular complexity index is 523. The lowest BCUT2D eigenvalue weighted by Crippen LogP contribution is -2.42. The number of hydrogen-bond acceptors (Lipinski definition) is 4. The lowest BCUT2D eigenvalue weighted by atomic mass is 9.72. The third kappa shape index (κ3) is 2.30. The van der Waals surface area contributed by atoms with Gasteiger partial charge in [0.25, 0.3) is 5.91 Å². The average molecular weight is 309 g/mol. The number of aliphatic hydroxyl groups excluding tert-OH is 1. The van der Waals surface area contributed by atoms with Gasteiger partial charge in [-0.25, -0.2) is 0 Å². The standard InChI is InChI=1S/C16H23NO3S/c1-3-16(10-18)8-11-4-7-14(16)17(11)15(19)13-6-5-12(20-13)9-21-2/h5-6,11,14,18H,3-4,7-10H2,1-2H3/t11-,14+,16-/m0/s1. The predicted octanol–water partition coefficient (Wildman–Crippen LogP) is 2.91. The molecule has 0 radical (unpaired) electrons. The minimum atomic E-state index is -0.104. The van der Waals surface area contributed by atoms with Crippen LogP contribution in [0.25, 0.3) is 0 Å². The average Bonchev–Trinajstić information content (AvgIpc) is 3.19. The van der Waals surface area contributed by atoms with Crippen LogP contribution in [0.5, 0.6) is 0 Å². The molecule has 0 aromatic carbocycles. The topological polar surface area (TPSA) is 53.7 Å². The van der Waals surface area contributed by atoms with Gasteiger partial charge in [-0.2, -0.15) is 11.8 Å². The molecule has 3 rings (SSSR count). The summed E-state index contributed by atoms with van der Waals surface area (Å²) in [5.41, 5.74) is -0.104. The Balaban J connectivity index is 1.82. The lowest BCUT2D eigenvalue weighted by molar-refractivity contribution is 0.0533. The molecule has 3 atom stereocenters. The van der Waals surface area contributed by atoms with E-state index in [1.54, 1.807) is 17.8 Å². The zero-order valence-electron chi connectivity index (χ0n) is 12.7. The van der Waals surface area contributed by atoms with Gasteiger partial charge >= 0.3 is 0 Å². The number of fused-ring (bicyclic) bond motifs is 2. The first-order valence-corrected chi connectivity index (χ1v) is 9.05. The van der Waals surface area contributed by atoms with E-state index in [1.807, 2.05) is 17.2 Å². The number of furan rings is 1. The van der Waals surface area contributed by atoms with E-state index < -0.39 is 0 Å². The third-order valence-electron chi connectivity index (χ3n) is 5.26. The molecule has 2 aliphatic heterocycles. The Morgan fingerprint density at radius 2 is 2.33 bits per heavy atom.